The maximum atomic E-state index is 10.4. The molecule has 1 aromatic rings. The lowest BCUT2D eigenvalue weighted by atomic mass is 9.94. The summed E-state index contributed by atoms with van der Waals surface area (Å²) in [4.78, 5) is 6.30. The van der Waals surface area contributed by atoms with E-state index in [-0.39, 0.29) is 0 Å². The molecule has 6 nitrogen and oxygen atoms in total. The highest BCUT2D eigenvalue weighted by atomic mass is 16.5. The second-order valence-electron chi connectivity index (χ2n) is 4.38. The first-order valence-corrected chi connectivity index (χ1v) is 6.22. The van der Waals surface area contributed by atoms with Crippen LogP contribution in [0, 0.1) is 0 Å². The van der Waals surface area contributed by atoms with Gasteiger partial charge in [-0.2, -0.15) is 4.98 Å². The molecule has 0 amide bonds. The average molecular weight is 240 g/mol. The Morgan fingerprint density at radius 1 is 1.47 bits per heavy atom. The van der Waals surface area contributed by atoms with Crippen LogP contribution in [0.2, 0.25) is 0 Å². The average Bonchev–Trinajstić information content (AvgIpc) is 2.82. The van der Waals surface area contributed by atoms with E-state index in [1.807, 2.05) is 18.7 Å². The van der Waals surface area contributed by atoms with Gasteiger partial charge in [-0.3, -0.25) is 0 Å². The van der Waals surface area contributed by atoms with Gasteiger partial charge in [-0.15, -0.1) is 0 Å². The van der Waals surface area contributed by atoms with E-state index in [1.54, 1.807) is 0 Å². The zero-order chi connectivity index (χ0) is 12.3. The van der Waals surface area contributed by atoms with Crippen molar-refractivity contribution in [3.8, 4) is 0 Å². The largest absolute Gasteiger partial charge is 0.379 e. The number of aromatic nitrogens is 2. The summed E-state index contributed by atoms with van der Waals surface area (Å²) in [6.07, 6.45) is 1.58. The number of nitrogens with one attached hydrogen (secondary N) is 1. The number of hydrogen-bond acceptors (Lipinski definition) is 6. The van der Waals surface area contributed by atoms with E-state index < -0.39 is 5.60 Å². The van der Waals surface area contributed by atoms with Gasteiger partial charge in [0.05, 0.1) is 0 Å². The Morgan fingerprint density at radius 2 is 2.24 bits per heavy atom. The molecule has 0 aliphatic carbocycles. The fourth-order valence-corrected chi connectivity index (χ4v) is 2.11. The van der Waals surface area contributed by atoms with Crippen molar-refractivity contribution < 1.29 is 9.63 Å². The highest BCUT2D eigenvalue weighted by Gasteiger charge is 2.37. The van der Waals surface area contributed by atoms with Gasteiger partial charge in [-0.1, -0.05) is 0 Å². The molecule has 0 saturated carbocycles. The minimum absolute atomic E-state index is 0.326. The quantitative estimate of drug-likeness (QED) is 0.797. The molecule has 1 unspecified atom stereocenters. The molecule has 2 N–H and O–H groups in total. The summed E-state index contributed by atoms with van der Waals surface area (Å²) >= 11 is 0. The minimum atomic E-state index is -1.00. The minimum Gasteiger partial charge on any atom is -0.379 e. The summed E-state index contributed by atoms with van der Waals surface area (Å²) in [6.45, 7) is 7.14. The summed E-state index contributed by atoms with van der Waals surface area (Å²) in [5.41, 5.74) is -1.00. The number of nitrogens with zero attached hydrogens (tertiary/aromatic N) is 3. The summed E-state index contributed by atoms with van der Waals surface area (Å²) in [5.74, 6) is 0.885. The first-order chi connectivity index (χ1) is 8.19. The van der Waals surface area contributed by atoms with Crippen molar-refractivity contribution >= 4 is 5.95 Å². The fraction of sp³-hybridized carbons (Fsp3) is 0.818. The van der Waals surface area contributed by atoms with Crippen LogP contribution in [0.15, 0.2) is 4.52 Å². The van der Waals surface area contributed by atoms with Crippen LogP contribution in [-0.2, 0) is 5.60 Å². The van der Waals surface area contributed by atoms with Crippen molar-refractivity contribution in [2.45, 2.75) is 32.3 Å². The lowest BCUT2D eigenvalue weighted by Gasteiger charge is -2.28. The second-order valence-corrected chi connectivity index (χ2v) is 4.38. The third-order valence-electron chi connectivity index (χ3n) is 3.22. The summed E-state index contributed by atoms with van der Waals surface area (Å²) in [7, 11) is 0. The van der Waals surface area contributed by atoms with Crippen LogP contribution in [0.25, 0.3) is 0 Å². The molecule has 1 fully saturated rings. The van der Waals surface area contributed by atoms with E-state index in [0.29, 0.717) is 24.8 Å². The molecule has 0 aromatic carbocycles. The molecule has 6 heteroatoms. The predicted molar refractivity (Wildman–Crippen MR) is 63.9 cm³/mol. The number of β-amino-alcohol motifs (C(OH)–C–C–N with tert-alkyl or cyclic N) is 1. The normalized spacial score (nSPS) is 24.9. The van der Waals surface area contributed by atoms with Crippen molar-refractivity contribution in [2.24, 2.45) is 0 Å². The smallest absolute Gasteiger partial charge is 0.266 e. The molecule has 0 radical (unpaired) electrons. The van der Waals surface area contributed by atoms with E-state index in [2.05, 4.69) is 15.5 Å². The zero-order valence-corrected chi connectivity index (χ0v) is 10.4. The van der Waals surface area contributed by atoms with E-state index >= 15 is 0 Å². The van der Waals surface area contributed by atoms with Crippen LogP contribution in [0.5, 0.6) is 0 Å². The summed E-state index contributed by atoms with van der Waals surface area (Å²) in [5, 5.41) is 17.5. The van der Waals surface area contributed by atoms with Crippen LogP contribution in [0.4, 0.5) is 5.95 Å². The van der Waals surface area contributed by atoms with E-state index in [4.69, 9.17) is 4.52 Å². The maximum Gasteiger partial charge on any atom is 0.266 e. The number of anilines is 1. The molecule has 0 bridgehead atoms. The number of aliphatic hydroxyl groups is 1. The van der Waals surface area contributed by atoms with Crippen LogP contribution >= 0.6 is 0 Å². The Labute approximate surface area is 101 Å². The maximum absolute atomic E-state index is 10.4. The number of piperidine rings is 1. The molecule has 96 valence electrons. The molecular weight excluding hydrogens is 220 g/mol. The standard InChI is InChI=1S/C11H20N4O2/c1-3-15(4-2)10-13-9(17-14-10)11(16)6-5-7-12-8-11/h12,16H,3-8H2,1-2H3. The third-order valence-corrected chi connectivity index (χ3v) is 3.22. The summed E-state index contributed by atoms with van der Waals surface area (Å²) in [6, 6.07) is 0. The predicted octanol–water partition coefficient (Wildman–Crippen LogP) is 0.487. The lowest BCUT2D eigenvalue weighted by molar-refractivity contribution is -0.0167. The SMILES string of the molecule is CCN(CC)c1noc(C2(O)CCCNC2)n1. The number of rotatable bonds is 4. The van der Waals surface area contributed by atoms with Crippen molar-refractivity contribution in [2.75, 3.05) is 31.1 Å². The summed E-state index contributed by atoms with van der Waals surface area (Å²) < 4.78 is 5.20. The van der Waals surface area contributed by atoms with Gasteiger partial charge in [0.25, 0.3) is 11.8 Å². The molecule has 2 heterocycles. The van der Waals surface area contributed by atoms with Crippen molar-refractivity contribution in [1.82, 2.24) is 15.5 Å². The van der Waals surface area contributed by atoms with Gasteiger partial charge < -0.3 is 19.8 Å². The molecular formula is C11H20N4O2. The van der Waals surface area contributed by atoms with Crippen LogP contribution in [-0.4, -0.2) is 41.4 Å². The highest BCUT2D eigenvalue weighted by molar-refractivity contribution is 5.27. The first-order valence-electron chi connectivity index (χ1n) is 6.22. The van der Waals surface area contributed by atoms with E-state index in [0.717, 1.165) is 26.1 Å². The Balaban J connectivity index is 2.16. The van der Waals surface area contributed by atoms with Gasteiger partial charge in [0.2, 0.25) is 0 Å². The molecule has 1 atom stereocenters. The van der Waals surface area contributed by atoms with Gasteiger partial charge in [0.15, 0.2) is 5.60 Å². The third kappa shape index (κ3) is 2.42. The molecule has 1 aromatic heterocycles. The van der Waals surface area contributed by atoms with Crippen molar-refractivity contribution in [3.63, 3.8) is 0 Å². The van der Waals surface area contributed by atoms with Crippen LogP contribution < -0.4 is 10.2 Å². The van der Waals surface area contributed by atoms with E-state index in [1.165, 1.54) is 0 Å². The van der Waals surface area contributed by atoms with Crippen LogP contribution in [0.3, 0.4) is 0 Å². The first kappa shape index (κ1) is 12.3. The molecule has 1 aliphatic rings. The van der Waals surface area contributed by atoms with Crippen molar-refractivity contribution in [1.29, 1.82) is 0 Å². The molecule has 1 saturated heterocycles. The molecule has 2 rings (SSSR count). The number of hydrogen-bond donors (Lipinski definition) is 2. The molecule has 0 spiro atoms. The van der Waals surface area contributed by atoms with E-state index in [9.17, 15) is 5.11 Å². The van der Waals surface area contributed by atoms with Gasteiger partial charge in [-0.05, 0) is 38.4 Å². The van der Waals surface area contributed by atoms with Gasteiger partial charge in [-0.25, -0.2) is 0 Å². The second kappa shape index (κ2) is 5.01. The molecule has 17 heavy (non-hydrogen) atoms. The fourth-order valence-electron chi connectivity index (χ4n) is 2.11. The van der Waals surface area contributed by atoms with Gasteiger partial charge in [0.1, 0.15) is 0 Å². The topological polar surface area (TPSA) is 74.4 Å². The lowest BCUT2D eigenvalue weighted by Crippen LogP contribution is -2.43. The van der Waals surface area contributed by atoms with Crippen molar-refractivity contribution in [3.05, 3.63) is 5.89 Å². The Bertz CT molecular complexity index is 356. The van der Waals surface area contributed by atoms with Gasteiger partial charge >= 0.3 is 0 Å². The Morgan fingerprint density at radius 3 is 2.82 bits per heavy atom. The van der Waals surface area contributed by atoms with Gasteiger partial charge in [0, 0.05) is 19.6 Å². The van der Waals surface area contributed by atoms with Crippen LogP contribution in [0.1, 0.15) is 32.6 Å². The molecule has 1 aliphatic heterocycles. The Hall–Kier alpha value is -1.14. The zero-order valence-electron chi connectivity index (χ0n) is 10.4. The highest BCUT2D eigenvalue weighted by Crippen LogP contribution is 2.27. The Kier molecular flexibility index (Phi) is 3.63. The monoisotopic (exact) mass is 240 g/mol.